The molecule has 0 unspecified atom stereocenters. The van der Waals surface area contributed by atoms with Gasteiger partial charge in [0.15, 0.2) is 5.43 Å². The van der Waals surface area contributed by atoms with E-state index < -0.39 is 0 Å². The van der Waals surface area contributed by atoms with Crippen LogP contribution in [0.3, 0.4) is 0 Å². The zero-order valence-electron chi connectivity index (χ0n) is 16.8. The third-order valence-electron chi connectivity index (χ3n) is 6.98. The number of aryl methyl sites for hydroxylation is 1. The highest BCUT2D eigenvalue weighted by atomic mass is 16.1. The second-order valence-electron chi connectivity index (χ2n) is 8.60. The molecule has 0 saturated carbocycles. The van der Waals surface area contributed by atoms with Crippen molar-refractivity contribution in [3.05, 3.63) is 69.1 Å². The van der Waals surface area contributed by atoms with Gasteiger partial charge in [-0.1, -0.05) is 30.3 Å². The van der Waals surface area contributed by atoms with E-state index >= 15 is 0 Å². The zero-order valence-corrected chi connectivity index (χ0v) is 16.8. The van der Waals surface area contributed by atoms with E-state index in [1.165, 1.54) is 24.8 Å². The maximum absolute atomic E-state index is 12.2. The van der Waals surface area contributed by atoms with E-state index in [2.05, 4.69) is 52.2 Å². The van der Waals surface area contributed by atoms with Crippen LogP contribution < -0.4 is 5.43 Å². The van der Waals surface area contributed by atoms with E-state index in [1.54, 1.807) is 0 Å². The number of aromatic amines is 1. The van der Waals surface area contributed by atoms with Crippen LogP contribution in [0.15, 0.2) is 41.3 Å². The fraction of sp³-hybridized carbons (Fsp3) is 0.522. The molecule has 4 nitrogen and oxygen atoms in total. The number of rotatable bonds is 3. The molecule has 2 aliphatic heterocycles. The molecule has 144 valence electrons. The first-order valence-corrected chi connectivity index (χ1v) is 10.1. The van der Waals surface area contributed by atoms with Crippen molar-refractivity contribution in [1.82, 2.24) is 14.8 Å². The van der Waals surface area contributed by atoms with Crippen LogP contribution in [0.25, 0.3) is 0 Å². The predicted molar refractivity (Wildman–Crippen MR) is 110 cm³/mol. The minimum absolute atomic E-state index is 0.179. The average molecular weight is 366 g/mol. The molecule has 2 aromatic rings. The molecule has 2 saturated heterocycles. The van der Waals surface area contributed by atoms with E-state index in [-0.39, 0.29) is 5.43 Å². The second kappa shape index (κ2) is 7.25. The van der Waals surface area contributed by atoms with Gasteiger partial charge in [-0.2, -0.15) is 0 Å². The molecule has 1 aromatic heterocycles. The summed E-state index contributed by atoms with van der Waals surface area (Å²) in [6, 6.07) is 11.0. The summed E-state index contributed by atoms with van der Waals surface area (Å²) in [6.07, 6.45) is 5.54. The Labute approximate surface area is 162 Å². The van der Waals surface area contributed by atoms with Gasteiger partial charge in [0, 0.05) is 54.7 Å². The van der Waals surface area contributed by atoms with Crippen molar-refractivity contribution < 1.29 is 0 Å². The van der Waals surface area contributed by atoms with Crippen LogP contribution in [-0.4, -0.2) is 47.0 Å². The number of likely N-dealkylation sites (N-methyl/N-ethyl adjacent to an activating group) is 1. The summed E-state index contributed by atoms with van der Waals surface area (Å²) in [5.74, 6) is 0.651. The lowest BCUT2D eigenvalue weighted by atomic mass is 9.81. The first-order valence-electron chi connectivity index (χ1n) is 10.1. The van der Waals surface area contributed by atoms with Crippen molar-refractivity contribution in [3.63, 3.8) is 0 Å². The van der Waals surface area contributed by atoms with Crippen molar-refractivity contribution in [3.8, 4) is 0 Å². The summed E-state index contributed by atoms with van der Waals surface area (Å²) < 4.78 is 0. The zero-order chi connectivity index (χ0) is 19.0. The number of likely N-dealkylation sites (tertiary alicyclic amines) is 2. The number of nitrogens with zero attached hydrogens (tertiary/aromatic N) is 2. The van der Waals surface area contributed by atoms with Gasteiger partial charge < -0.3 is 4.98 Å². The maximum Gasteiger partial charge on any atom is 0.187 e. The highest BCUT2D eigenvalue weighted by molar-refractivity contribution is 5.25. The highest BCUT2D eigenvalue weighted by Gasteiger charge is 2.45. The quantitative estimate of drug-likeness (QED) is 0.906. The topological polar surface area (TPSA) is 39.3 Å². The summed E-state index contributed by atoms with van der Waals surface area (Å²) in [6.45, 7) is 8.03. The molecule has 2 aliphatic rings. The second-order valence-corrected chi connectivity index (χ2v) is 8.60. The van der Waals surface area contributed by atoms with Crippen molar-refractivity contribution in [1.29, 1.82) is 0 Å². The van der Waals surface area contributed by atoms with Crippen LogP contribution in [0.5, 0.6) is 0 Å². The van der Waals surface area contributed by atoms with Crippen molar-refractivity contribution >= 4 is 0 Å². The molecule has 3 heterocycles. The van der Waals surface area contributed by atoms with Gasteiger partial charge in [-0.05, 0) is 51.6 Å². The van der Waals surface area contributed by atoms with Gasteiger partial charge in [-0.3, -0.25) is 14.6 Å². The Bertz CT molecular complexity index is 850. The van der Waals surface area contributed by atoms with Gasteiger partial charge in [0.1, 0.15) is 0 Å². The summed E-state index contributed by atoms with van der Waals surface area (Å²) in [4.78, 5) is 20.7. The molecule has 1 spiro atoms. The Balaban J connectivity index is 1.42. The molecular formula is C23H31N3O. The maximum atomic E-state index is 12.2. The molecular weight excluding hydrogens is 334 g/mol. The van der Waals surface area contributed by atoms with E-state index in [0.29, 0.717) is 11.5 Å². The van der Waals surface area contributed by atoms with Gasteiger partial charge in [0.2, 0.25) is 0 Å². The summed E-state index contributed by atoms with van der Waals surface area (Å²) in [7, 11) is 2.31. The Morgan fingerprint density at radius 1 is 1.15 bits per heavy atom. The number of H-pyrrole nitrogens is 1. The lowest BCUT2D eigenvalue weighted by Gasteiger charge is -2.43. The lowest BCUT2D eigenvalue weighted by molar-refractivity contribution is 0.0666. The van der Waals surface area contributed by atoms with Crippen molar-refractivity contribution in [2.75, 3.05) is 26.7 Å². The Kier molecular flexibility index (Phi) is 4.95. The lowest BCUT2D eigenvalue weighted by Crippen LogP contribution is -2.50. The third-order valence-corrected chi connectivity index (χ3v) is 6.98. The van der Waals surface area contributed by atoms with Crippen molar-refractivity contribution in [2.45, 2.75) is 51.1 Å². The standard InChI is InChI=1S/C23H31N3O/c1-17-14-24-21(18(2)22(17)27)16-26-11-9-23(10-12-26)13-20(15-25(23)3)19-7-5-4-6-8-19/h4-8,14,20H,9-13,15-16H2,1-3H3,(H,24,27)/t20-/m1/s1. The van der Waals surface area contributed by atoms with Crippen molar-refractivity contribution in [2.24, 2.45) is 0 Å². The minimum atomic E-state index is 0.179. The smallest absolute Gasteiger partial charge is 0.187 e. The number of pyridine rings is 1. The molecule has 0 aliphatic carbocycles. The largest absolute Gasteiger partial charge is 0.363 e. The van der Waals surface area contributed by atoms with Crippen LogP contribution in [0.2, 0.25) is 0 Å². The van der Waals surface area contributed by atoms with Crippen LogP contribution in [0.1, 0.15) is 47.6 Å². The van der Waals surface area contributed by atoms with E-state index in [1.807, 2.05) is 20.0 Å². The van der Waals surface area contributed by atoms with Gasteiger partial charge in [-0.15, -0.1) is 0 Å². The first kappa shape index (κ1) is 18.5. The van der Waals surface area contributed by atoms with Crippen LogP contribution >= 0.6 is 0 Å². The monoisotopic (exact) mass is 365 g/mol. The average Bonchev–Trinajstić information content (AvgIpc) is 3.01. The fourth-order valence-corrected chi connectivity index (χ4v) is 5.05. The number of aromatic nitrogens is 1. The Morgan fingerprint density at radius 2 is 1.85 bits per heavy atom. The molecule has 2 fully saturated rings. The first-order chi connectivity index (χ1) is 13.0. The van der Waals surface area contributed by atoms with Gasteiger partial charge in [0.05, 0.1) is 0 Å². The van der Waals surface area contributed by atoms with Gasteiger partial charge in [-0.25, -0.2) is 0 Å². The Hall–Kier alpha value is -1.91. The molecule has 0 bridgehead atoms. The molecule has 27 heavy (non-hydrogen) atoms. The number of hydrogen-bond acceptors (Lipinski definition) is 3. The molecule has 0 radical (unpaired) electrons. The van der Waals surface area contributed by atoms with E-state index in [0.717, 1.165) is 43.0 Å². The van der Waals surface area contributed by atoms with Crippen LogP contribution in [0.4, 0.5) is 0 Å². The SMILES string of the molecule is Cc1c[nH]c(CN2CCC3(CC2)C[C@@H](c2ccccc2)CN3C)c(C)c1=O. The molecule has 1 atom stereocenters. The summed E-state index contributed by atoms with van der Waals surface area (Å²) in [5.41, 5.74) is 4.75. The summed E-state index contributed by atoms with van der Waals surface area (Å²) >= 11 is 0. The molecule has 1 N–H and O–H groups in total. The van der Waals surface area contributed by atoms with Crippen LogP contribution in [0, 0.1) is 13.8 Å². The fourth-order valence-electron chi connectivity index (χ4n) is 5.05. The van der Waals surface area contributed by atoms with Crippen LogP contribution in [-0.2, 0) is 6.54 Å². The van der Waals surface area contributed by atoms with E-state index in [4.69, 9.17) is 0 Å². The number of nitrogens with one attached hydrogen (secondary N) is 1. The molecule has 4 heteroatoms. The third kappa shape index (κ3) is 3.48. The van der Waals surface area contributed by atoms with Gasteiger partial charge in [0.25, 0.3) is 0 Å². The minimum Gasteiger partial charge on any atom is -0.363 e. The molecule has 0 amide bonds. The van der Waals surface area contributed by atoms with Gasteiger partial charge >= 0.3 is 0 Å². The number of benzene rings is 1. The highest BCUT2D eigenvalue weighted by Crippen LogP contribution is 2.44. The molecule has 1 aromatic carbocycles. The number of piperidine rings is 1. The normalized spacial score (nSPS) is 23.1. The number of hydrogen-bond donors (Lipinski definition) is 1. The summed E-state index contributed by atoms with van der Waals surface area (Å²) in [5, 5.41) is 0. The molecule has 4 rings (SSSR count). The van der Waals surface area contributed by atoms with E-state index in [9.17, 15) is 4.79 Å². The Morgan fingerprint density at radius 3 is 2.56 bits per heavy atom. The predicted octanol–water partition coefficient (Wildman–Crippen LogP) is 3.45.